The van der Waals surface area contributed by atoms with Crippen LogP contribution < -0.4 is 0 Å². The molecule has 1 aromatic heterocycles. The molecule has 2 aromatic rings. The standard InChI is InChI=1S/C25H35FN2/c1-3-5-6-7-21-13-16-23(24(26)18-21)25-17-15-22(27-28-25)14-12-20-10-8-19(4-2)9-11-20/h13,15-20H,3-12,14H2,1-2H3. The van der Waals surface area contributed by atoms with Gasteiger partial charge in [0.1, 0.15) is 5.82 Å². The first-order valence-corrected chi connectivity index (χ1v) is 11.3. The molecule has 1 aliphatic carbocycles. The van der Waals surface area contributed by atoms with E-state index in [9.17, 15) is 4.39 Å². The highest BCUT2D eigenvalue weighted by Crippen LogP contribution is 2.33. The van der Waals surface area contributed by atoms with E-state index in [1.807, 2.05) is 24.3 Å². The van der Waals surface area contributed by atoms with Crippen LogP contribution >= 0.6 is 0 Å². The molecule has 1 aromatic carbocycles. The summed E-state index contributed by atoms with van der Waals surface area (Å²) in [6.45, 7) is 4.49. The van der Waals surface area contributed by atoms with Crippen LogP contribution in [0.25, 0.3) is 11.3 Å². The van der Waals surface area contributed by atoms with Crippen LogP contribution in [0.4, 0.5) is 4.39 Å². The van der Waals surface area contributed by atoms with E-state index in [0.717, 1.165) is 42.4 Å². The number of nitrogens with zero attached hydrogens (tertiary/aromatic N) is 2. The molecule has 0 aliphatic heterocycles. The summed E-state index contributed by atoms with van der Waals surface area (Å²) in [7, 11) is 0. The van der Waals surface area contributed by atoms with Crippen LogP contribution in [0.3, 0.4) is 0 Å². The zero-order chi connectivity index (χ0) is 19.8. The summed E-state index contributed by atoms with van der Waals surface area (Å²) in [6, 6.07) is 9.48. The molecule has 1 fully saturated rings. The quantitative estimate of drug-likeness (QED) is 0.430. The molecule has 0 spiro atoms. The molecule has 0 N–H and O–H groups in total. The average molecular weight is 383 g/mol. The number of aryl methyl sites for hydroxylation is 2. The summed E-state index contributed by atoms with van der Waals surface area (Å²) in [4.78, 5) is 0. The molecule has 3 heteroatoms. The Morgan fingerprint density at radius 1 is 0.893 bits per heavy atom. The third kappa shape index (κ3) is 5.86. The van der Waals surface area contributed by atoms with Gasteiger partial charge in [0.15, 0.2) is 0 Å². The van der Waals surface area contributed by atoms with Gasteiger partial charge in [-0.05, 0) is 67.3 Å². The van der Waals surface area contributed by atoms with Crippen LogP contribution in [0.2, 0.25) is 0 Å². The summed E-state index contributed by atoms with van der Waals surface area (Å²) in [5, 5.41) is 8.69. The van der Waals surface area contributed by atoms with Gasteiger partial charge in [-0.2, -0.15) is 10.2 Å². The normalized spacial score (nSPS) is 19.7. The smallest absolute Gasteiger partial charge is 0.132 e. The second-order valence-electron chi connectivity index (χ2n) is 8.51. The molecular weight excluding hydrogens is 347 g/mol. The van der Waals surface area contributed by atoms with Gasteiger partial charge in [-0.15, -0.1) is 0 Å². The summed E-state index contributed by atoms with van der Waals surface area (Å²) >= 11 is 0. The summed E-state index contributed by atoms with van der Waals surface area (Å²) in [5.41, 5.74) is 3.27. The maximum atomic E-state index is 14.5. The lowest BCUT2D eigenvalue weighted by atomic mass is 9.79. The molecule has 3 rings (SSSR count). The first-order valence-electron chi connectivity index (χ1n) is 11.3. The summed E-state index contributed by atoms with van der Waals surface area (Å²) in [5.74, 6) is 1.59. The Kier molecular flexibility index (Phi) is 8.00. The predicted octanol–water partition coefficient (Wildman–Crippen LogP) is 7.16. The van der Waals surface area contributed by atoms with Gasteiger partial charge in [-0.25, -0.2) is 4.39 Å². The number of unbranched alkanes of at least 4 members (excludes halogenated alkanes) is 2. The van der Waals surface area contributed by atoms with E-state index < -0.39 is 0 Å². The fraction of sp³-hybridized carbons (Fsp3) is 0.600. The minimum absolute atomic E-state index is 0.191. The monoisotopic (exact) mass is 382 g/mol. The molecular formula is C25H35FN2. The molecule has 1 aliphatic rings. The van der Waals surface area contributed by atoms with E-state index in [0.29, 0.717) is 11.3 Å². The van der Waals surface area contributed by atoms with E-state index in [1.54, 1.807) is 6.07 Å². The van der Waals surface area contributed by atoms with Crippen LogP contribution in [0, 0.1) is 17.7 Å². The van der Waals surface area contributed by atoms with Crippen LogP contribution in [-0.2, 0) is 12.8 Å². The van der Waals surface area contributed by atoms with Crippen molar-refractivity contribution in [2.75, 3.05) is 0 Å². The maximum absolute atomic E-state index is 14.5. The fourth-order valence-corrected chi connectivity index (χ4v) is 4.42. The van der Waals surface area contributed by atoms with Crippen molar-refractivity contribution in [1.82, 2.24) is 10.2 Å². The Hall–Kier alpha value is -1.77. The van der Waals surface area contributed by atoms with Gasteiger partial charge >= 0.3 is 0 Å². The highest BCUT2D eigenvalue weighted by atomic mass is 19.1. The lowest BCUT2D eigenvalue weighted by Gasteiger charge is -2.27. The second-order valence-corrected chi connectivity index (χ2v) is 8.51. The van der Waals surface area contributed by atoms with Gasteiger partial charge in [-0.3, -0.25) is 0 Å². The van der Waals surface area contributed by atoms with Crippen molar-refractivity contribution in [3.63, 3.8) is 0 Å². The van der Waals surface area contributed by atoms with Crippen molar-refractivity contribution in [2.45, 2.75) is 84.5 Å². The average Bonchev–Trinajstić information content (AvgIpc) is 2.73. The fourth-order valence-electron chi connectivity index (χ4n) is 4.42. The number of rotatable bonds is 9. The van der Waals surface area contributed by atoms with Crippen molar-refractivity contribution in [1.29, 1.82) is 0 Å². The lowest BCUT2D eigenvalue weighted by Crippen LogP contribution is -2.14. The molecule has 1 heterocycles. The van der Waals surface area contributed by atoms with Crippen LogP contribution in [0.15, 0.2) is 30.3 Å². The molecule has 28 heavy (non-hydrogen) atoms. The van der Waals surface area contributed by atoms with Crippen LogP contribution in [-0.4, -0.2) is 10.2 Å². The largest absolute Gasteiger partial charge is 0.206 e. The first kappa shape index (κ1) is 21.0. The van der Waals surface area contributed by atoms with E-state index in [2.05, 4.69) is 24.0 Å². The van der Waals surface area contributed by atoms with Crippen molar-refractivity contribution in [3.8, 4) is 11.3 Å². The summed E-state index contributed by atoms with van der Waals surface area (Å²) < 4.78 is 14.5. The van der Waals surface area contributed by atoms with Crippen molar-refractivity contribution < 1.29 is 4.39 Å². The molecule has 0 unspecified atom stereocenters. The SMILES string of the molecule is CCCCCc1ccc(-c2ccc(CCC3CCC(CC)CC3)nn2)c(F)c1. The highest BCUT2D eigenvalue weighted by molar-refractivity contribution is 5.59. The van der Waals surface area contributed by atoms with Crippen molar-refractivity contribution >= 4 is 0 Å². The zero-order valence-corrected chi connectivity index (χ0v) is 17.6. The van der Waals surface area contributed by atoms with Gasteiger partial charge in [0.25, 0.3) is 0 Å². The number of halogens is 1. The third-order valence-corrected chi connectivity index (χ3v) is 6.45. The maximum Gasteiger partial charge on any atom is 0.132 e. The predicted molar refractivity (Wildman–Crippen MR) is 115 cm³/mol. The Balaban J connectivity index is 1.54. The van der Waals surface area contributed by atoms with Gasteiger partial charge in [0.2, 0.25) is 0 Å². The van der Waals surface area contributed by atoms with E-state index in [1.165, 1.54) is 51.4 Å². The Labute approximate surface area is 170 Å². The molecule has 152 valence electrons. The molecule has 0 saturated heterocycles. The highest BCUT2D eigenvalue weighted by Gasteiger charge is 2.20. The topological polar surface area (TPSA) is 25.8 Å². The van der Waals surface area contributed by atoms with Crippen molar-refractivity contribution in [3.05, 3.63) is 47.4 Å². The van der Waals surface area contributed by atoms with Gasteiger partial charge in [-0.1, -0.05) is 64.9 Å². The third-order valence-electron chi connectivity index (χ3n) is 6.45. The molecule has 2 nitrogen and oxygen atoms in total. The first-order chi connectivity index (χ1) is 13.7. The van der Waals surface area contributed by atoms with Gasteiger partial charge in [0, 0.05) is 5.56 Å². The van der Waals surface area contributed by atoms with Crippen LogP contribution in [0.5, 0.6) is 0 Å². The summed E-state index contributed by atoms with van der Waals surface area (Å²) in [6.07, 6.45) is 13.4. The number of benzene rings is 1. The second kappa shape index (κ2) is 10.7. The van der Waals surface area contributed by atoms with Gasteiger partial charge < -0.3 is 0 Å². The number of aromatic nitrogens is 2. The number of hydrogen-bond donors (Lipinski definition) is 0. The minimum atomic E-state index is -0.191. The molecule has 0 radical (unpaired) electrons. The molecule has 0 atom stereocenters. The van der Waals surface area contributed by atoms with E-state index >= 15 is 0 Å². The molecule has 0 amide bonds. The minimum Gasteiger partial charge on any atom is -0.206 e. The van der Waals surface area contributed by atoms with Gasteiger partial charge in [0.05, 0.1) is 11.4 Å². The Bertz CT molecular complexity index is 718. The molecule has 1 saturated carbocycles. The number of hydrogen-bond acceptors (Lipinski definition) is 2. The molecule has 0 bridgehead atoms. The van der Waals surface area contributed by atoms with Crippen LogP contribution in [0.1, 0.15) is 82.9 Å². The Morgan fingerprint density at radius 3 is 2.32 bits per heavy atom. The lowest BCUT2D eigenvalue weighted by molar-refractivity contribution is 0.258. The van der Waals surface area contributed by atoms with Crippen molar-refractivity contribution in [2.24, 2.45) is 11.8 Å². The Morgan fingerprint density at radius 2 is 1.68 bits per heavy atom. The zero-order valence-electron chi connectivity index (χ0n) is 17.6. The van der Waals surface area contributed by atoms with E-state index in [-0.39, 0.29) is 5.82 Å². The van der Waals surface area contributed by atoms with E-state index in [4.69, 9.17) is 0 Å².